The minimum absolute atomic E-state index is 0.150. The highest BCUT2D eigenvalue weighted by atomic mass is 16.2. The molecule has 1 aromatic heterocycles. The molecule has 2 aromatic carbocycles. The highest BCUT2D eigenvalue weighted by Gasteiger charge is 2.24. The van der Waals surface area contributed by atoms with Gasteiger partial charge in [-0.25, -0.2) is 0 Å². The van der Waals surface area contributed by atoms with Crippen molar-refractivity contribution in [2.75, 3.05) is 5.32 Å². The Morgan fingerprint density at radius 3 is 2.77 bits per heavy atom. The van der Waals surface area contributed by atoms with Gasteiger partial charge in [-0.2, -0.15) is 0 Å². The second kappa shape index (κ2) is 4.70. The smallest absolute Gasteiger partial charge is 0.256 e. The van der Waals surface area contributed by atoms with Crippen LogP contribution in [0.1, 0.15) is 21.5 Å². The summed E-state index contributed by atoms with van der Waals surface area (Å²) in [6.07, 6.45) is 4.52. The summed E-state index contributed by atoms with van der Waals surface area (Å²) in [5.41, 5.74) is 4.60. The van der Waals surface area contributed by atoms with Crippen molar-refractivity contribution in [1.82, 2.24) is 4.98 Å². The first-order chi connectivity index (χ1) is 10.8. The number of fused-ring (bicyclic) bond motifs is 2. The van der Waals surface area contributed by atoms with Gasteiger partial charge in [-0.3, -0.25) is 9.59 Å². The van der Waals surface area contributed by atoms with Crippen molar-refractivity contribution >= 4 is 40.4 Å². The van der Waals surface area contributed by atoms with Crippen LogP contribution >= 0.6 is 0 Å². The number of aldehydes is 1. The number of rotatable bonds is 2. The predicted molar refractivity (Wildman–Crippen MR) is 86.6 cm³/mol. The van der Waals surface area contributed by atoms with Crippen molar-refractivity contribution in [1.29, 1.82) is 0 Å². The zero-order chi connectivity index (χ0) is 15.1. The molecule has 2 heterocycles. The van der Waals surface area contributed by atoms with Gasteiger partial charge in [0.05, 0.1) is 0 Å². The lowest BCUT2D eigenvalue weighted by molar-refractivity contribution is -0.110. The van der Waals surface area contributed by atoms with Gasteiger partial charge in [-0.15, -0.1) is 0 Å². The molecule has 0 atom stereocenters. The molecular formula is C18H12N2O2. The topological polar surface area (TPSA) is 62.0 Å². The maximum atomic E-state index is 12.2. The number of aromatic nitrogens is 1. The Hall–Kier alpha value is -3.14. The minimum Gasteiger partial charge on any atom is -0.361 e. The van der Waals surface area contributed by atoms with E-state index in [1.807, 2.05) is 36.5 Å². The van der Waals surface area contributed by atoms with Gasteiger partial charge in [0.2, 0.25) is 0 Å². The first-order valence-corrected chi connectivity index (χ1v) is 6.95. The van der Waals surface area contributed by atoms with E-state index in [1.165, 1.54) is 0 Å². The summed E-state index contributed by atoms with van der Waals surface area (Å²) in [5, 5.41) is 3.88. The molecule has 1 aliphatic heterocycles. The monoisotopic (exact) mass is 288 g/mol. The zero-order valence-corrected chi connectivity index (χ0v) is 11.6. The largest absolute Gasteiger partial charge is 0.361 e. The molecular weight excluding hydrogens is 276 g/mol. The molecule has 0 fully saturated rings. The molecule has 106 valence electrons. The third kappa shape index (κ3) is 1.85. The van der Waals surface area contributed by atoms with Crippen molar-refractivity contribution in [3.63, 3.8) is 0 Å². The summed E-state index contributed by atoms with van der Waals surface area (Å²) in [5.74, 6) is -0.150. The third-order valence-electron chi connectivity index (χ3n) is 3.88. The van der Waals surface area contributed by atoms with E-state index >= 15 is 0 Å². The Balaban J connectivity index is 1.89. The summed E-state index contributed by atoms with van der Waals surface area (Å²) in [7, 11) is 0. The van der Waals surface area contributed by atoms with Gasteiger partial charge < -0.3 is 10.3 Å². The number of hydrogen-bond acceptors (Lipinski definition) is 2. The maximum absolute atomic E-state index is 12.2. The Kier molecular flexibility index (Phi) is 2.69. The predicted octanol–water partition coefficient (Wildman–Crippen LogP) is 3.47. The maximum Gasteiger partial charge on any atom is 0.256 e. The van der Waals surface area contributed by atoms with E-state index in [2.05, 4.69) is 10.3 Å². The normalized spacial score (nSPS) is 15.1. The van der Waals surface area contributed by atoms with Crippen LogP contribution in [-0.2, 0) is 4.79 Å². The zero-order valence-electron chi connectivity index (χ0n) is 11.6. The van der Waals surface area contributed by atoms with Crippen LogP contribution in [0.3, 0.4) is 0 Å². The molecule has 3 aromatic rings. The first-order valence-electron chi connectivity index (χ1n) is 6.95. The lowest BCUT2D eigenvalue weighted by Gasteiger charge is -1.99. The molecule has 4 nitrogen and oxygen atoms in total. The first kappa shape index (κ1) is 12.6. The van der Waals surface area contributed by atoms with Crippen LogP contribution in [0.2, 0.25) is 0 Å². The van der Waals surface area contributed by atoms with E-state index in [-0.39, 0.29) is 5.91 Å². The molecule has 1 aliphatic rings. The third-order valence-corrected chi connectivity index (χ3v) is 3.88. The molecule has 2 N–H and O–H groups in total. The molecule has 0 bridgehead atoms. The molecule has 0 spiro atoms. The van der Waals surface area contributed by atoms with Crippen molar-refractivity contribution in [2.45, 2.75) is 0 Å². The van der Waals surface area contributed by atoms with Gasteiger partial charge in [-0.05, 0) is 30.3 Å². The molecule has 0 saturated carbocycles. The quantitative estimate of drug-likeness (QED) is 0.560. The van der Waals surface area contributed by atoms with E-state index in [1.54, 1.807) is 18.2 Å². The SMILES string of the molecule is O=Cc1ccc2c(c1)/C(=C/c1c[nH]c3ccccc13)C(=O)N2. The van der Waals surface area contributed by atoms with Gasteiger partial charge in [0.15, 0.2) is 0 Å². The molecule has 0 unspecified atom stereocenters. The van der Waals surface area contributed by atoms with Gasteiger partial charge in [-0.1, -0.05) is 18.2 Å². The van der Waals surface area contributed by atoms with E-state index in [0.29, 0.717) is 11.1 Å². The van der Waals surface area contributed by atoms with Crippen LogP contribution in [0.5, 0.6) is 0 Å². The Bertz CT molecular complexity index is 951. The van der Waals surface area contributed by atoms with E-state index in [4.69, 9.17) is 0 Å². The average Bonchev–Trinajstić information content (AvgIpc) is 3.09. The standard InChI is InChI=1S/C18H12N2O2/c21-10-11-5-6-17-14(7-11)15(18(22)20-17)8-12-9-19-16-4-2-1-3-13(12)16/h1-10,19H,(H,20,22)/b15-8-. The fourth-order valence-electron chi connectivity index (χ4n) is 2.79. The summed E-state index contributed by atoms with van der Waals surface area (Å²) in [6.45, 7) is 0. The number of benzene rings is 2. The highest BCUT2D eigenvalue weighted by Crippen LogP contribution is 2.34. The highest BCUT2D eigenvalue weighted by molar-refractivity contribution is 6.35. The van der Waals surface area contributed by atoms with Crippen LogP contribution in [0.25, 0.3) is 22.6 Å². The molecule has 22 heavy (non-hydrogen) atoms. The number of anilines is 1. The minimum atomic E-state index is -0.150. The lowest BCUT2D eigenvalue weighted by atomic mass is 10.0. The van der Waals surface area contributed by atoms with Crippen molar-refractivity contribution < 1.29 is 9.59 Å². The summed E-state index contributed by atoms with van der Waals surface area (Å²) >= 11 is 0. The molecule has 4 rings (SSSR count). The molecule has 0 radical (unpaired) electrons. The van der Waals surface area contributed by atoms with E-state index in [0.717, 1.165) is 34.0 Å². The summed E-state index contributed by atoms with van der Waals surface area (Å²) < 4.78 is 0. The lowest BCUT2D eigenvalue weighted by Crippen LogP contribution is -2.03. The fraction of sp³-hybridized carbons (Fsp3) is 0. The molecule has 0 saturated heterocycles. The molecule has 4 heteroatoms. The van der Waals surface area contributed by atoms with Crippen LogP contribution in [-0.4, -0.2) is 17.2 Å². The number of nitrogens with one attached hydrogen (secondary N) is 2. The summed E-state index contributed by atoms with van der Waals surface area (Å²) in [6, 6.07) is 13.1. The van der Waals surface area contributed by atoms with E-state index < -0.39 is 0 Å². The number of carbonyl (C=O) groups is 2. The van der Waals surface area contributed by atoms with E-state index in [9.17, 15) is 9.59 Å². The number of aromatic amines is 1. The fourth-order valence-corrected chi connectivity index (χ4v) is 2.79. The number of carbonyl (C=O) groups excluding carboxylic acids is 2. The van der Waals surface area contributed by atoms with Crippen LogP contribution < -0.4 is 5.32 Å². The van der Waals surface area contributed by atoms with Crippen molar-refractivity contribution in [3.05, 3.63) is 65.4 Å². The Labute approximate surface area is 126 Å². The van der Waals surface area contributed by atoms with Gasteiger partial charge >= 0.3 is 0 Å². The number of hydrogen-bond donors (Lipinski definition) is 2. The number of para-hydroxylation sites is 1. The van der Waals surface area contributed by atoms with Gasteiger partial charge in [0, 0.05) is 45.1 Å². The van der Waals surface area contributed by atoms with Crippen LogP contribution in [0.4, 0.5) is 5.69 Å². The Morgan fingerprint density at radius 2 is 1.91 bits per heavy atom. The second-order valence-electron chi connectivity index (χ2n) is 5.22. The number of amides is 1. The Morgan fingerprint density at radius 1 is 1.05 bits per heavy atom. The molecule has 0 aliphatic carbocycles. The van der Waals surface area contributed by atoms with Crippen LogP contribution in [0, 0.1) is 0 Å². The average molecular weight is 288 g/mol. The van der Waals surface area contributed by atoms with Crippen molar-refractivity contribution in [2.24, 2.45) is 0 Å². The van der Waals surface area contributed by atoms with Gasteiger partial charge in [0.25, 0.3) is 5.91 Å². The van der Waals surface area contributed by atoms with Crippen molar-refractivity contribution in [3.8, 4) is 0 Å². The van der Waals surface area contributed by atoms with Gasteiger partial charge in [0.1, 0.15) is 6.29 Å². The van der Waals surface area contributed by atoms with Crippen LogP contribution in [0.15, 0.2) is 48.7 Å². The number of H-pyrrole nitrogens is 1. The summed E-state index contributed by atoms with van der Waals surface area (Å²) in [4.78, 5) is 26.4. The molecule has 1 amide bonds. The second-order valence-corrected chi connectivity index (χ2v) is 5.22.